The topological polar surface area (TPSA) is 41.1 Å². The van der Waals surface area contributed by atoms with E-state index in [4.69, 9.17) is 0 Å². The maximum atomic E-state index is 12.2. The van der Waals surface area contributed by atoms with E-state index < -0.39 is 0 Å². The van der Waals surface area contributed by atoms with Gasteiger partial charge in [0, 0.05) is 22.8 Å². The molecule has 3 nitrogen and oxygen atoms in total. The molecule has 0 saturated carbocycles. The van der Waals surface area contributed by atoms with Crippen molar-refractivity contribution in [2.75, 3.05) is 12.4 Å². The van der Waals surface area contributed by atoms with Crippen molar-refractivity contribution in [3.05, 3.63) is 64.1 Å². The quantitative estimate of drug-likeness (QED) is 0.889. The van der Waals surface area contributed by atoms with E-state index in [-0.39, 0.29) is 11.9 Å². The zero-order valence-electron chi connectivity index (χ0n) is 11.5. The van der Waals surface area contributed by atoms with Gasteiger partial charge in [-0.3, -0.25) is 4.79 Å². The Balaban J connectivity index is 2.04. The van der Waals surface area contributed by atoms with Gasteiger partial charge in [0.1, 0.15) is 0 Å². The lowest BCUT2D eigenvalue weighted by Gasteiger charge is -2.14. The number of carbonyl (C=O) groups is 1. The summed E-state index contributed by atoms with van der Waals surface area (Å²) in [5.74, 6) is -0.0666. The summed E-state index contributed by atoms with van der Waals surface area (Å²) >= 11 is 3.40. The second kappa shape index (κ2) is 6.57. The molecule has 4 heteroatoms. The van der Waals surface area contributed by atoms with E-state index in [0.717, 1.165) is 15.7 Å². The van der Waals surface area contributed by atoms with Crippen LogP contribution in [-0.4, -0.2) is 13.0 Å². The van der Waals surface area contributed by atoms with Crippen LogP contribution in [0.2, 0.25) is 0 Å². The highest BCUT2D eigenvalue weighted by Crippen LogP contribution is 2.17. The molecule has 1 atom stereocenters. The second-order valence-electron chi connectivity index (χ2n) is 4.57. The second-order valence-corrected chi connectivity index (χ2v) is 5.49. The molecule has 0 radical (unpaired) electrons. The molecule has 0 aliphatic carbocycles. The smallest absolute Gasteiger partial charge is 0.251 e. The molecule has 2 aromatic rings. The molecule has 0 bridgehead atoms. The van der Waals surface area contributed by atoms with Gasteiger partial charge in [0.2, 0.25) is 0 Å². The number of carbonyl (C=O) groups excluding carboxylic acids is 1. The molecule has 1 unspecified atom stereocenters. The summed E-state index contributed by atoms with van der Waals surface area (Å²) in [4.78, 5) is 12.2. The summed E-state index contributed by atoms with van der Waals surface area (Å²) in [6.07, 6.45) is 0. The van der Waals surface area contributed by atoms with Gasteiger partial charge in [-0.25, -0.2) is 0 Å². The minimum absolute atomic E-state index is 0.0282. The number of anilines is 1. The fourth-order valence-corrected chi connectivity index (χ4v) is 2.17. The van der Waals surface area contributed by atoms with Crippen LogP contribution in [0.25, 0.3) is 0 Å². The summed E-state index contributed by atoms with van der Waals surface area (Å²) < 4.78 is 1.03. The number of amides is 1. The SMILES string of the molecule is CNc1ccc(C(=O)NC(C)c2ccc(Br)cc2)cc1. The van der Waals surface area contributed by atoms with Crippen molar-refractivity contribution >= 4 is 27.5 Å². The van der Waals surface area contributed by atoms with Crippen LogP contribution in [0.5, 0.6) is 0 Å². The highest BCUT2D eigenvalue weighted by molar-refractivity contribution is 9.10. The molecule has 0 heterocycles. The number of hydrogen-bond donors (Lipinski definition) is 2. The van der Waals surface area contributed by atoms with Crippen LogP contribution in [0.15, 0.2) is 53.0 Å². The van der Waals surface area contributed by atoms with E-state index in [2.05, 4.69) is 26.6 Å². The molecule has 2 N–H and O–H groups in total. The van der Waals surface area contributed by atoms with Gasteiger partial charge in [-0.15, -0.1) is 0 Å². The maximum absolute atomic E-state index is 12.2. The first-order chi connectivity index (χ1) is 9.60. The minimum atomic E-state index is -0.0666. The molecule has 0 fully saturated rings. The van der Waals surface area contributed by atoms with Crippen LogP contribution in [0.3, 0.4) is 0 Å². The minimum Gasteiger partial charge on any atom is -0.388 e. The number of rotatable bonds is 4. The summed E-state index contributed by atoms with van der Waals surface area (Å²) in [5, 5.41) is 6.02. The van der Waals surface area contributed by atoms with Crippen molar-refractivity contribution < 1.29 is 4.79 Å². The first-order valence-corrected chi connectivity index (χ1v) is 7.23. The first kappa shape index (κ1) is 14.6. The average Bonchev–Trinajstić information content (AvgIpc) is 2.48. The molecule has 0 saturated heterocycles. The van der Waals surface area contributed by atoms with Crippen molar-refractivity contribution in [2.45, 2.75) is 13.0 Å². The molecular weight excluding hydrogens is 316 g/mol. The summed E-state index contributed by atoms with van der Waals surface area (Å²) in [7, 11) is 1.85. The molecule has 0 aliphatic heterocycles. The zero-order valence-corrected chi connectivity index (χ0v) is 13.1. The number of hydrogen-bond acceptors (Lipinski definition) is 2. The van der Waals surface area contributed by atoms with Crippen LogP contribution in [0, 0.1) is 0 Å². The molecule has 20 heavy (non-hydrogen) atoms. The van der Waals surface area contributed by atoms with Gasteiger partial charge in [-0.1, -0.05) is 28.1 Å². The van der Waals surface area contributed by atoms with Crippen molar-refractivity contribution in [2.24, 2.45) is 0 Å². The fraction of sp³-hybridized carbons (Fsp3) is 0.188. The molecule has 0 spiro atoms. The molecule has 0 aliphatic rings. The van der Waals surface area contributed by atoms with E-state index in [1.165, 1.54) is 0 Å². The van der Waals surface area contributed by atoms with Gasteiger partial charge >= 0.3 is 0 Å². The molecule has 104 valence electrons. The fourth-order valence-electron chi connectivity index (χ4n) is 1.90. The van der Waals surface area contributed by atoms with Gasteiger partial charge < -0.3 is 10.6 Å². The third-order valence-corrected chi connectivity index (χ3v) is 3.68. The lowest BCUT2D eigenvalue weighted by atomic mass is 10.1. The Morgan fingerprint density at radius 1 is 1.05 bits per heavy atom. The summed E-state index contributed by atoms with van der Waals surface area (Å²) in [6.45, 7) is 1.98. The van der Waals surface area contributed by atoms with E-state index >= 15 is 0 Å². The summed E-state index contributed by atoms with van der Waals surface area (Å²) in [6, 6.07) is 15.3. The van der Waals surface area contributed by atoms with Gasteiger partial charge in [0.15, 0.2) is 0 Å². The molecular formula is C16H17BrN2O. The number of benzene rings is 2. The third-order valence-electron chi connectivity index (χ3n) is 3.15. The Morgan fingerprint density at radius 3 is 2.20 bits per heavy atom. The highest BCUT2D eigenvalue weighted by atomic mass is 79.9. The average molecular weight is 333 g/mol. The number of nitrogens with one attached hydrogen (secondary N) is 2. The predicted octanol–water partition coefficient (Wildman–Crippen LogP) is 3.98. The first-order valence-electron chi connectivity index (χ1n) is 6.44. The van der Waals surface area contributed by atoms with Crippen molar-refractivity contribution in [1.82, 2.24) is 5.32 Å². The largest absolute Gasteiger partial charge is 0.388 e. The van der Waals surface area contributed by atoms with Crippen molar-refractivity contribution in [3.63, 3.8) is 0 Å². The Bertz CT molecular complexity index is 578. The van der Waals surface area contributed by atoms with Gasteiger partial charge in [-0.05, 0) is 48.9 Å². The van der Waals surface area contributed by atoms with Crippen molar-refractivity contribution in [1.29, 1.82) is 0 Å². The van der Waals surface area contributed by atoms with E-state index in [1.807, 2.05) is 62.5 Å². The van der Waals surface area contributed by atoms with Gasteiger partial charge in [0.05, 0.1) is 6.04 Å². The lowest BCUT2D eigenvalue weighted by Crippen LogP contribution is -2.26. The van der Waals surface area contributed by atoms with E-state index in [9.17, 15) is 4.79 Å². The zero-order chi connectivity index (χ0) is 14.5. The van der Waals surface area contributed by atoms with Crippen molar-refractivity contribution in [3.8, 4) is 0 Å². The molecule has 0 aromatic heterocycles. The Kier molecular flexibility index (Phi) is 4.79. The van der Waals surface area contributed by atoms with Crippen LogP contribution < -0.4 is 10.6 Å². The Labute approximate surface area is 127 Å². The van der Waals surface area contributed by atoms with Crippen LogP contribution in [-0.2, 0) is 0 Å². The lowest BCUT2D eigenvalue weighted by molar-refractivity contribution is 0.0940. The summed E-state index contributed by atoms with van der Waals surface area (Å²) in [5.41, 5.74) is 2.73. The van der Waals surface area contributed by atoms with E-state index in [1.54, 1.807) is 0 Å². The monoisotopic (exact) mass is 332 g/mol. The highest BCUT2D eigenvalue weighted by Gasteiger charge is 2.11. The predicted molar refractivity (Wildman–Crippen MR) is 86.0 cm³/mol. The molecule has 1 amide bonds. The Hall–Kier alpha value is -1.81. The van der Waals surface area contributed by atoms with Gasteiger partial charge in [0.25, 0.3) is 5.91 Å². The maximum Gasteiger partial charge on any atom is 0.251 e. The Morgan fingerprint density at radius 2 is 1.65 bits per heavy atom. The standard InChI is InChI=1S/C16H17BrN2O/c1-11(12-3-7-14(17)8-4-12)19-16(20)13-5-9-15(18-2)10-6-13/h3-11,18H,1-2H3,(H,19,20). The third kappa shape index (κ3) is 3.61. The van der Waals surface area contributed by atoms with Crippen LogP contribution >= 0.6 is 15.9 Å². The molecule has 2 rings (SSSR count). The van der Waals surface area contributed by atoms with Crippen LogP contribution in [0.1, 0.15) is 28.9 Å². The normalized spacial score (nSPS) is 11.8. The van der Waals surface area contributed by atoms with E-state index in [0.29, 0.717) is 5.56 Å². The number of halogens is 1. The van der Waals surface area contributed by atoms with Gasteiger partial charge in [-0.2, -0.15) is 0 Å². The van der Waals surface area contributed by atoms with Crippen LogP contribution in [0.4, 0.5) is 5.69 Å². The molecule has 2 aromatic carbocycles.